The normalized spacial score (nSPS) is 14.5. The Balaban J connectivity index is 1.46. The third kappa shape index (κ3) is 7.43. The number of halogens is 4. The Morgan fingerprint density at radius 1 is 1.00 bits per heavy atom. The fourth-order valence-electron chi connectivity index (χ4n) is 5.28. The molecule has 244 valence electrons. The van der Waals surface area contributed by atoms with Crippen molar-refractivity contribution in [3.63, 3.8) is 0 Å². The minimum atomic E-state index is -0.731. The molecule has 0 N–H and O–H groups in total. The molecule has 0 aliphatic carbocycles. The second-order valence-electron chi connectivity index (χ2n) is 10.6. The Kier molecular flexibility index (Phi) is 11.4. The molecule has 0 saturated carbocycles. The minimum Gasteiger partial charge on any atom is -0.487 e. The van der Waals surface area contributed by atoms with Crippen LogP contribution in [0.5, 0.6) is 5.75 Å². The van der Waals surface area contributed by atoms with Gasteiger partial charge in [-0.1, -0.05) is 83.1 Å². The van der Waals surface area contributed by atoms with Gasteiger partial charge in [-0.25, -0.2) is 9.79 Å². The molecule has 5 aromatic rings. The molecule has 0 fully saturated rings. The zero-order valence-electron chi connectivity index (χ0n) is 25.5. The van der Waals surface area contributed by atoms with Crippen molar-refractivity contribution >= 4 is 109 Å². The fourth-order valence-corrected chi connectivity index (χ4v) is 9.14. The van der Waals surface area contributed by atoms with Crippen molar-refractivity contribution in [3.8, 4) is 5.75 Å². The van der Waals surface area contributed by atoms with Crippen molar-refractivity contribution in [2.45, 2.75) is 24.5 Å². The Hall–Kier alpha value is -2.62. The van der Waals surface area contributed by atoms with Gasteiger partial charge in [0.05, 0.1) is 45.6 Å². The van der Waals surface area contributed by atoms with Crippen LogP contribution in [0.3, 0.4) is 0 Å². The first-order valence-corrected chi connectivity index (χ1v) is 19.6. The maximum Gasteiger partial charge on any atom is 0.338 e. The summed E-state index contributed by atoms with van der Waals surface area (Å²) in [6, 6.07) is 26.1. The second kappa shape index (κ2) is 15.5. The van der Waals surface area contributed by atoms with Gasteiger partial charge in [0.15, 0.2) is 4.80 Å². The van der Waals surface area contributed by atoms with Crippen LogP contribution in [0.25, 0.3) is 11.8 Å². The van der Waals surface area contributed by atoms with Gasteiger partial charge < -0.3 is 9.47 Å². The Morgan fingerprint density at radius 3 is 2.35 bits per heavy atom. The van der Waals surface area contributed by atoms with Gasteiger partial charge in [0.1, 0.15) is 12.4 Å². The van der Waals surface area contributed by atoms with E-state index in [1.165, 1.54) is 11.3 Å². The molecule has 4 aromatic carbocycles. The van der Waals surface area contributed by atoms with Crippen molar-refractivity contribution in [3.05, 3.63) is 150 Å². The van der Waals surface area contributed by atoms with E-state index in [1.54, 1.807) is 35.4 Å². The maximum atomic E-state index is 14.3. The number of carbonyl (C=O) groups is 1. The largest absolute Gasteiger partial charge is 0.487 e. The molecule has 0 saturated heterocycles. The first-order chi connectivity index (χ1) is 23.2. The molecule has 1 aliphatic rings. The lowest BCUT2D eigenvalue weighted by Crippen LogP contribution is -2.40. The number of esters is 1. The first-order valence-electron chi connectivity index (χ1n) is 14.7. The average molecular weight is 939 g/mol. The van der Waals surface area contributed by atoms with E-state index in [0.717, 1.165) is 40.0 Å². The molecule has 48 heavy (non-hydrogen) atoms. The summed E-state index contributed by atoms with van der Waals surface area (Å²) in [5, 5.41) is 0.968. The van der Waals surface area contributed by atoms with E-state index >= 15 is 0 Å². The first kappa shape index (κ1) is 35.2. The zero-order valence-corrected chi connectivity index (χ0v) is 33.0. The van der Waals surface area contributed by atoms with Crippen molar-refractivity contribution in [2.75, 3.05) is 12.9 Å². The number of rotatable bonds is 9. The van der Waals surface area contributed by atoms with Gasteiger partial charge in [0.2, 0.25) is 0 Å². The van der Waals surface area contributed by atoms with Gasteiger partial charge in [-0.15, -0.1) is 11.8 Å². The molecule has 12 heteroatoms. The molecule has 1 aliphatic heterocycles. The predicted molar refractivity (Wildman–Crippen MR) is 212 cm³/mol. The number of hydrogen-bond donors (Lipinski definition) is 0. The quantitative estimate of drug-likeness (QED) is 0.0841. The summed E-state index contributed by atoms with van der Waals surface area (Å²) < 4.78 is 15.6. The Bertz CT molecular complexity index is 2210. The number of fused-ring (bicyclic) bond motifs is 1. The zero-order chi connectivity index (χ0) is 33.9. The highest BCUT2D eigenvalue weighted by atomic mass is 127. The van der Waals surface area contributed by atoms with E-state index in [2.05, 4.69) is 45.2 Å². The molecule has 1 atom stereocenters. The van der Waals surface area contributed by atoms with Gasteiger partial charge in [-0.2, -0.15) is 0 Å². The fraction of sp³-hybridized carbons (Fsp3) is 0.139. The van der Waals surface area contributed by atoms with Crippen LogP contribution in [0.2, 0.25) is 10.0 Å². The van der Waals surface area contributed by atoms with Crippen LogP contribution in [0.4, 0.5) is 0 Å². The molecular formula is C36H26Cl2I2N2O4S2. The molecule has 0 radical (unpaired) electrons. The number of benzene rings is 4. The Labute approximate surface area is 322 Å². The summed E-state index contributed by atoms with van der Waals surface area (Å²) in [4.78, 5) is 34.5. The number of nitrogens with zero attached hydrogens (tertiary/aromatic N) is 2. The number of hydrogen-bond acceptors (Lipinski definition) is 7. The van der Waals surface area contributed by atoms with E-state index < -0.39 is 12.0 Å². The molecule has 1 aromatic heterocycles. The molecule has 0 bridgehead atoms. The van der Waals surface area contributed by atoms with Crippen LogP contribution in [0.15, 0.2) is 105 Å². The molecule has 0 spiro atoms. The molecular weight excluding hydrogens is 913 g/mol. The lowest BCUT2D eigenvalue weighted by Gasteiger charge is -2.26. The van der Waals surface area contributed by atoms with Crippen LogP contribution in [-0.2, 0) is 16.1 Å². The maximum absolute atomic E-state index is 14.3. The molecule has 2 heterocycles. The lowest BCUT2D eigenvalue weighted by atomic mass is 9.93. The molecule has 0 unspecified atom stereocenters. The summed E-state index contributed by atoms with van der Waals surface area (Å²) in [6.45, 7) is 2.28. The predicted octanol–water partition coefficient (Wildman–Crippen LogP) is 8.75. The third-order valence-corrected chi connectivity index (χ3v) is 11.6. The van der Waals surface area contributed by atoms with Gasteiger partial charge in [-0.3, -0.25) is 9.36 Å². The minimum absolute atomic E-state index is 0.192. The standard InChI is InChI=1S/C36H26Cl2I2N2O4S2/c1-3-45-35(44)30-31(22-7-5-4-6-8-22)41-36-42(32(30)23-10-12-24(47-2)13-11-23)34(43)29(48-36)18-21-16-27(39)33(28(40)17-21)46-19-20-9-14-25(37)26(38)15-20/h4-18,32H,3,19H2,1-2H3/b29-18-/t32-/m1/s1. The van der Waals surface area contributed by atoms with Gasteiger partial charge in [0.25, 0.3) is 5.56 Å². The van der Waals surface area contributed by atoms with Crippen LogP contribution in [0.1, 0.15) is 35.2 Å². The van der Waals surface area contributed by atoms with Crippen LogP contribution in [0, 0.1) is 7.14 Å². The number of thiazole rings is 1. The van der Waals surface area contributed by atoms with E-state index in [9.17, 15) is 9.59 Å². The summed E-state index contributed by atoms with van der Waals surface area (Å²) in [6.07, 6.45) is 3.87. The van der Waals surface area contributed by atoms with E-state index in [-0.39, 0.29) is 12.2 Å². The van der Waals surface area contributed by atoms with Gasteiger partial charge in [-0.05, 0) is 118 Å². The third-order valence-electron chi connectivity index (χ3n) is 7.49. The second-order valence-corrected chi connectivity index (χ2v) is 15.6. The van der Waals surface area contributed by atoms with Gasteiger partial charge >= 0.3 is 5.97 Å². The number of carbonyl (C=O) groups excluding carboxylic acids is 1. The van der Waals surface area contributed by atoms with Crippen LogP contribution >= 0.6 is 91.5 Å². The van der Waals surface area contributed by atoms with Crippen molar-refractivity contribution in [2.24, 2.45) is 4.99 Å². The highest BCUT2D eigenvalue weighted by Crippen LogP contribution is 2.36. The Morgan fingerprint density at radius 2 is 1.71 bits per heavy atom. The lowest BCUT2D eigenvalue weighted by molar-refractivity contribution is -0.138. The number of ether oxygens (including phenoxy) is 2. The summed E-state index contributed by atoms with van der Waals surface area (Å²) >= 11 is 19.7. The molecule has 6 nitrogen and oxygen atoms in total. The average Bonchev–Trinajstić information content (AvgIpc) is 3.39. The highest BCUT2D eigenvalue weighted by molar-refractivity contribution is 14.1. The number of thioether (sulfide) groups is 1. The summed E-state index contributed by atoms with van der Waals surface area (Å²) in [5.74, 6) is 0.232. The summed E-state index contributed by atoms with van der Waals surface area (Å²) in [5.41, 5.74) is 3.88. The highest BCUT2D eigenvalue weighted by Gasteiger charge is 2.35. The van der Waals surface area contributed by atoms with Crippen molar-refractivity contribution in [1.29, 1.82) is 0 Å². The smallest absolute Gasteiger partial charge is 0.338 e. The molecule has 6 rings (SSSR count). The number of aromatic nitrogens is 1. The van der Waals surface area contributed by atoms with Crippen LogP contribution in [-0.4, -0.2) is 23.4 Å². The SMILES string of the molecule is CCOC(=O)C1=C(c2ccccc2)N=c2s/c(=C\c3cc(I)c(OCc4ccc(Cl)c(Cl)c4)c(I)c3)c(=O)n2[C@@H]1c1ccc(SC)cc1. The summed E-state index contributed by atoms with van der Waals surface area (Å²) in [7, 11) is 0. The van der Waals surface area contributed by atoms with Crippen molar-refractivity contribution < 1.29 is 14.3 Å². The van der Waals surface area contributed by atoms with Gasteiger partial charge in [0, 0.05) is 10.5 Å². The monoisotopic (exact) mass is 938 g/mol. The molecule has 0 amide bonds. The topological polar surface area (TPSA) is 69.9 Å². The van der Waals surface area contributed by atoms with Crippen LogP contribution < -0.4 is 19.6 Å². The van der Waals surface area contributed by atoms with E-state index in [0.29, 0.717) is 37.3 Å². The van der Waals surface area contributed by atoms with E-state index in [1.807, 2.05) is 85.1 Å². The van der Waals surface area contributed by atoms with Crippen molar-refractivity contribution in [1.82, 2.24) is 4.57 Å². The van der Waals surface area contributed by atoms with E-state index in [4.69, 9.17) is 37.7 Å².